The van der Waals surface area contributed by atoms with Gasteiger partial charge in [0, 0.05) is 33.4 Å². The van der Waals surface area contributed by atoms with Gasteiger partial charge in [0.15, 0.2) is 0 Å². The molecular weight excluding hydrogens is 520 g/mol. The van der Waals surface area contributed by atoms with Crippen LogP contribution in [0, 0.1) is 0 Å². The Morgan fingerprint density at radius 2 is 0.595 bits per heavy atom. The van der Waals surface area contributed by atoms with Crippen molar-refractivity contribution in [2.75, 3.05) is 0 Å². The fourth-order valence-electron chi connectivity index (χ4n) is 5.89. The maximum Gasteiger partial charge on any atom is 0.126 e. The molecule has 4 aromatic rings. The molecule has 4 rings (SSSR count). The second-order valence-corrected chi connectivity index (χ2v) is 11.0. The molecule has 0 saturated carbocycles. The topological polar surface area (TPSA) is 80.9 Å². The van der Waals surface area contributed by atoms with Crippen molar-refractivity contribution < 1.29 is 20.4 Å². The van der Waals surface area contributed by atoms with E-state index in [1.54, 1.807) is 0 Å². The molecule has 0 radical (unpaired) electrons. The Morgan fingerprint density at radius 1 is 0.381 bits per heavy atom. The number of benzene rings is 4. The Labute approximate surface area is 250 Å². The van der Waals surface area contributed by atoms with Gasteiger partial charge < -0.3 is 20.4 Å². The van der Waals surface area contributed by atoms with E-state index in [0.29, 0.717) is 59.1 Å². The minimum absolute atomic E-state index is 0.139. The van der Waals surface area contributed by atoms with Crippen LogP contribution in [0.15, 0.2) is 72.8 Å². The molecule has 0 aliphatic heterocycles. The summed E-state index contributed by atoms with van der Waals surface area (Å²) in [6, 6.07) is 22.8. The minimum atomic E-state index is 0.139. The summed E-state index contributed by atoms with van der Waals surface area (Å²) in [4.78, 5) is 0. The molecule has 0 spiro atoms. The van der Waals surface area contributed by atoms with E-state index in [-0.39, 0.29) is 23.0 Å². The molecular formula is C38H44O4. The standard InChI is InChI=1S/C38H44O4/c1-5-13-25-17-9-21-29(35(25)39)33(30-22-10-18-26(14-6-2)36(30)40)34(31-23-11-19-27(15-7-3)37(31)41)32-24-12-20-28(16-8-4)38(32)42/h9-12,17-24,39-42H,5-8,13-16H2,1-4H3. The van der Waals surface area contributed by atoms with Crippen LogP contribution < -0.4 is 0 Å². The van der Waals surface area contributed by atoms with Crippen LogP contribution in [0.25, 0.3) is 11.1 Å². The number of hydrogen-bond donors (Lipinski definition) is 4. The number of phenols is 4. The summed E-state index contributed by atoms with van der Waals surface area (Å²) in [5, 5.41) is 46.9. The molecule has 0 bridgehead atoms. The molecule has 0 aromatic heterocycles. The number of rotatable bonds is 12. The number of aryl methyl sites for hydroxylation is 4. The van der Waals surface area contributed by atoms with Crippen molar-refractivity contribution in [3.63, 3.8) is 0 Å². The van der Waals surface area contributed by atoms with E-state index < -0.39 is 0 Å². The number of phenolic OH excluding ortho intramolecular Hbond substituents is 4. The molecule has 0 saturated heterocycles. The van der Waals surface area contributed by atoms with E-state index in [1.165, 1.54) is 0 Å². The molecule has 0 aliphatic carbocycles. The van der Waals surface area contributed by atoms with E-state index in [1.807, 2.05) is 72.8 Å². The molecule has 0 unspecified atom stereocenters. The lowest BCUT2D eigenvalue weighted by molar-refractivity contribution is 0.461. The first-order valence-corrected chi connectivity index (χ1v) is 15.4. The lowest BCUT2D eigenvalue weighted by atomic mass is 9.82. The van der Waals surface area contributed by atoms with Gasteiger partial charge in [0.25, 0.3) is 0 Å². The molecule has 4 aromatic carbocycles. The maximum absolute atomic E-state index is 11.7. The zero-order chi connectivity index (χ0) is 30.2. The lowest BCUT2D eigenvalue weighted by Gasteiger charge is -2.23. The summed E-state index contributed by atoms with van der Waals surface area (Å²) < 4.78 is 0. The van der Waals surface area contributed by atoms with E-state index >= 15 is 0 Å². The van der Waals surface area contributed by atoms with Crippen molar-refractivity contribution in [2.24, 2.45) is 0 Å². The zero-order valence-corrected chi connectivity index (χ0v) is 25.4. The summed E-state index contributed by atoms with van der Waals surface area (Å²) in [5.41, 5.74) is 6.53. The van der Waals surface area contributed by atoms with Gasteiger partial charge in [-0.3, -0.25) is 0 Å². The Hall–Kier alpha value is -4.18. The average Bonchev–Trinajstić information content (AvgIpc) is 2.98. The highest BCUT2D eigenvalue weighted by molar-refractivity contribution is 6.08. The van der Waals surface area contributed by atoms with Crippen molar-refractivity contribution in [1.29, 1.82) is 0 Å². The molecule has 0 fully saturated rings. The third kappa shape index (κ3) is 6.18. The lowest BCUT2D eigenvalue weighted by Crippen LogP contribution is -2.03. The highest BCUT2D eigenvalue weighted by atomic mass is 16.3. The maximum atomic E-state index is 11.7. The normalized spacial score (nSPS) is 11.0. The molecule has 4 nitrogen and oxygen atoms in total. The van der Waals surface area contributed by atoms with Gasteiger partial charge in [-0.25, -0.2) is 0 Å². The van der Waals surface area contributed by atoms with Crippen LogP contribution in [-0.2, 0) is 25.7 Å². The Balaban J connectivity index is 2.26. The first-order chi connectivity index (χ1) is 20.4. The molecule has 4 heteroatoms. The fourth-order valence-corrected chi connectivity index (χ4v) is 5.89. The average molecular weight is 565 g/mol. The van der Waals surface area contributed by atoms with Crippen LogP contribution in [0.4, 0.5) is 0 Å². The summed E-state index contributed by atoms with van der Waals surface area (Å²) in [6.45, 7) is 8.29. The predicted molar refractivity (Wildman–Crippen MR) is 173 cm³/mol. The number of hydrogen-bond acceptors (Lipinski definition) is 4. The van der Waals surface area contributed by atoms with Crippen LogP contribution in [0.2, 0.25) is 0 Å². The first kappa shape index (κ1) is 30.8. The van der Waals surface area contributed by atoms with E-state index in [0.717, 1.165) is 47.9 Å². The minimum Gasteiger partial charge on any atom is -0.507 e. The van der Waals surface area contributed by atoms with Crippen LogP contribution in [-0.4, -0.2) is 20.4 Å². The third-order valence-corrected chi connectivity index (χ3v) is 7.88. The second kappa shape index (κ2) is 14.1. The highest BCUT2D eigenvalue weighted by Crippen LogP contribution is 2.48. The quantitative estimate of drug-likeness (QED) is 0.129. The van der Waals surface area contributed by atoms with Gasteiger partial charge in [-0.15, -0.1) is 0 Å². The van der Waals surface area contributed by atoms with Gasteiger partial charge in [0.05, 0.1) is 0 Å². The molecule has 0 heterocycles. The van der Waals surface area contributed by atoms with Crippen LogP contribution in [0.3, 0.4) is 0 Å². The summed E-state index contributed by atoms with van der Waals surface area (Å²) in [7, 11) is 0. The largest absolute Gasteiger partial charge is 0.507 e. The van der Waals surface area contributed by atoms with Crippen molar-refractivity contribution in [3.05, 3.63) is 117 Å². The monoisotopic (exact) mass is 564 g/mol. The molecule has 0 amide bonds. The highest BCUT2D eigenvalue weighted by Gasteiger charge is 2.27. The molecule has 42 heavy (non-hydrogen) atoms. The fraction of sp³-hybridized carbons (Fsp3) is 0.316. The van der Waals surface area contributed by atoms with Gasteiger partial charge in [-0.05, 0) is 47.9 Å². The molecule has 4 N–H and O–H groups in total. The first-order valence-electron chi connectivity index (χ1n) is 15.4. The zero-order valence-electron chi connectivity index (χ0n) is 25.4. The van der Waals surface area contributed by atoms with Gasteiger partial charge in [0.2, 0.25) is 0 Å². The van der Waals surface area contributed by atoms with Crippen molar-refractivity contribution in [2.45, 2.75) is 79.1 Å². The Bertz CT molecular complexity index is 1330. The van der Waals surface area contributed by atoms with Crippen LogP contribution in [0.5, 0.6) is 23.0 Å². The van der Waals surface area contributed by atoms with E-state index in [2.05, 4.69) is 27.7 Å². The van der Waals surface area contributed by atoms with Gasteiger partial charge >= 0.3 is 0 Å². The SMILES string of the molecule is CCCc1cccc(C(=C(c2cccc(CCC)c2O)c2cccc(CCC)c2O)c2cccc(CCC)c2O)c1O. The Kier molecular flexibility index (Phi) is 10.4. The molecule has 220 valence electrons. The van der Waals surface area contributed by atoms with Gasteiger partial charge in [-0.1, -0.05) is 126 Å². The summed E-state index contributed by atoms with van der Waals surface area (Å²) in [5.74, 6) is 0.558. The van der Waals surface area contributed by atoms with Crippen molar-refractivity contribution in [3.8, 4) is 23.0 Å². The summed E-state index contributed by atoms with van der Waals surface area (Å²) in [6.07, 6.45) is 6.22. The van der Waals surface area contributed by atoms with Gasteiger partial charge in [0.1, 0.15) is 23.0 Å². The van der Waals surface area contributed by atoms with Crippen LogP contribution in [0.1, 0.15) is 97.9 Å². The Morgan fingerprint density at radius 3 is 0.786 bits per heavy atom. The van der Waals surface area contributed by atoms with Gasteiger partial charge in [-0.2, -0.15) is 0 Å². The summed E-state index contributed by atoms with van der Waals surface area (Å²) >= 11 is 0. The van der Waals surface area contributed by atoms with Crippen molar-refractivity contribution >= 4 is 11.1 Å². The molecule has 0 aliphatic rings. The predicted octanol–water partition coefficient (Wildman–Crippen LogP) is 9.33. The number of aromatic hydroxyl groups is 4. The number of para-hydroxylation sites is 4. The molecule has 0 atom stereocenters. The van der Waals surface area contributed by atoms with Crippen molar-refractivity contribution in [1.82, 2.24) is 0 Å². The second-order valence-electron chi connectivity index (χ2n) is 11.0. The van der Waals surface area contributed by atoms with E-state index in [9.17, 15) is 20.4 Å². The van der Waals surface area contributed by atoms with Crippen LogP contribution >= 0.6 is 0 Å². The smallest absolute Gasteiger partial charge is 0.126 e. The third-order valence-electron chi connectivity index (χ3n) is 7.88. The van der Waals surface area contributed by atoms with E-state index in [4.69, 9.17) is 0 Å².